The number of thiocarbonyl (C=S) groups is 1. The number of hydrazone groups is 1. The van der Waals surface area contributed by atoms with E-state index in [1.165, 1.54) is 35.3 Å². The van der Waals surface area contributed by atoms with Crippen LogP contribution in [0.2, 0.25) is 0 Å². The van der Waals surface area contributed by atoms with Crippen LogP contribution in [-0.2, 0) is 0 Å². The fraction of sp³-hybridized carbons (Fsp3) is 0.185. The zero-order valence-corrected chi connectivity index (χ0v) is 22.0. The van der Waals surface area contributed by atoms with Gasteiger partial charge >= 0.3 is 6.36 Å². The Morgan fingerprint density at radius 2 is 1.79 bits per heavy atom. The molecule has 1 heterocycles. The fourth-order valence-electron chi connectivity index (χ4n) is 3.69. The van der Waals surface area contributed by atoms with E-state index in [9.17, 15) is 13.2 Å². The lowest BCUT2D eigenvalue weighted by Gasteiger charge is -2.17. The summed E-state index contributed by atoms with van der Waals surface area (Å²) >= 11 is 5.35. The molecule has 0 saturated carbocycles. The van der Waals surface area contributed by atoms with E-state index in [2.05, 4.69) is 30.7 Å². The molecule has 1 unspecified atom stereocenters. The number of aromatic nitrogens is 3. The van der Waals surface area contributed by atoms with Gasteiger partial charge in [-0.1, -0.05) is 36.4 Å². The molecule has 0 bridgehead atoms. The molecule has 0 spiro atoms. The van der Waals surface area contributed by atoms with Crippen molar-refractivity contribution in [3.05, 3.63) is 89.7 Å². The number of nitrogens with one attached hydrogen (secondary N) is 2. The molecule has 0 aliphatic rings. The fourth-order valence-corrected chi connectivity index (χ4v) is 3.92. The van der Waals surface area contributed by atoms with Crippen LogP contribution in [0.25, 0.3) is 17.1 Å². The van der Waals surface area contributed by atoms with Gasteiger partial charge in [-0.2, -0.15) is 5.10 Å². The van der Waals surface area contributed by atoms with Gasteiger partial charge in [-0.3, -0.25) is 5.43 Å². The van der Waals surface area contributed by atoms with Gasteiger partial charge in [0, 0.05) is 5.56 Å². The van der Waals surface area contributed by atoms with E-state index in [4.69, 9.17) is 17.0 Å². The quantitative estimate of drug-likeness (QED) is 0.164. The second-order valence-electron chi connectivity index (χ2n) is 8.47. The van der Waals surface area contributed by atoms with Gasteiger partial charge in [0.15, 0.2) is 10.9 Å². The Balaban J connectivity index is 1.31. The number of alkyl halides is 3. The topological polar surface area (TPSA) is 85.6 Å². The average Bonchev–Trinajstić information content (AvgIpc) is 3.39. The Bertz CT molecular complexity index is 1450. The van der Waals surface area contributed by atoms with Crippen LogP contribution in [0.1, 0.15) is 29.7 Å². The summed E-state index contributed by atoms with van der Waals surface area (Å²) < 4.78 is 47.7. The number of aryl methyl sites for hydroxylation is 1. The minimum atomic E-state index is -4.74. The minimum Gasteiger partial charge on any atom is -0.496 e. The molecule has 1 atom stereocenters. The zero-order chi connectivity index (χ0) is 28.0. The van der Waals surface area contributed by atoms with Crippen molar-refractivity contribution in [2.75, 3.05) is 7.11 Å². The van der Waals surface area contributed by atoms with Crippen molar-refractivity contribution >= 4 is 23.5 Å². The maximum atomic E-state index is 12.4. The second kappa shape index (κ2) is 11.9. The molecule has 0 aliphatic heterocycles. The molecule has 4 rings (SSSR count). The standard InChI is InChI=1S/C27H25F3N6O2S/c1-17-14-21(8-13-24(17)37-3)18(2)33-26(39)34-32-15-19-4-6-20(7-5-19)25-31-16-36(35-25)22-9-11-23(12-10-22)38-27(28,29)30/h4-16,18H,1-3H3,(H2,33,34,39)/b32-15+. The molecule has 202 valence electrons. The van der Waals surface area contributed by atoms with Gasteiger partial charge in [-0.25, -0.2) is 9.67 Å². The summed E-state index contributed by atoms with van der Waals surface area (Å²) in [4.78, 5) is 4.29. The summed E-state index contributed by atoms with van der Waals surface area (Å²) in [5, 5.41) is 12.2. The number of ether oxygens (including phenoxy) is 2. The molecular formula is C27H25F3N6O2S. The summed E-state index contributed by atoms with van der Waals surface area (Å²) in [6.45, 7) is 3.99. The van der Waals surface area contributed by atoms with E-state index in [0.29, 0.717) is 16.6 Å². The zero-order valence-electron chi connectivity index (χ0n) is 21.2. The Morgan fingerprint density at radius 3 is 2.44 bits per heavy atom. The van der Waals surface area contributed by atoms with Crippen LogP contribution < -0.4 is 20.2 Å². The number of hydrogen-bond acceptors (Lipinski definition) is 6. The molecule has 1 aromatic heterocycles. The Labute approximate surface area is 228 Å². The molecule has 0 fully saturated rings. The monoisotopic (exact) mass is 554 g/mol. The first kappa shape index (κ1) is 27.6. The van der Waals surface area contributed by atoms with Crippen LogP contribution in [0.3, 0.4) is 0 Å². The van der Waals surface area contributed by atoms with Gasteiger partial charge < -0.3 is 14.8 Å². The van der Waals surface area contributed by atoms with Crippen LogP contribution >= 0.6 is 12.2 Å². The van der Waals surface area contributed by atoms with Crippen molar-refractivity contribution in [2.24, 2.45) is 5.10 Å². The summed E-state index contributed by atoms with van der Waals surface area (Å²) in [6.07, 6.45) is -1.62. The van der Waals surface area contributed by atoms with Crippen LogP contribution in [0, 0.1) is 6.92 Å². The maximum Gasteiger partial charge on any atom is 0.573 e. The van der Waals surface area contributed by atoms with E-state index < -0.39 is 6.36 Å². The van der Waals surface area contributed by atoms with Gasteiger partial charge in [-0.05, 0) is 73.1 Å². The average molecular weight is 555 g/mol. The Morgan fingerprint density at radius 1 is 1.08 bits per heavy atom. The number of methoxy groups -OCH3 is 1. The molecular weight excluding hydrogens is 529 g/mol. The summed E-state index contributed by atoms with van der Waals surface area (Å²) in [5.41, 5.74) is 7.06. The van der Waals surface area contributed by atoms with Crippen LogP contribution in [0.15, 0.2) is 78.2 Å². The highest BCUT2D eigenvalue weighted by Gasteiger charge is 2.31. The molecule has 4 aromatic rings. The molecule has 0 aliphatic carbocycles. The summed E-state index contributed by atoms with van der Waals surface area (Å²) in [7, 11) is 1.64. The first-order chi connectivity index (χ1) is 18.6. The SMILES string of the molecule is COc1ccc(C(C)NC(=S)N/N=C/c2ccc(-c3ncn(-c4ccc(OC(F)(F)F)cc4)n3)cc2)cc1C. The summed E-state index contributed by atoms with van der Waals surface area (Å²) in [5.74, 6) is 0.983. The number of benzene rings is 3. The predicted octanol–water partition coefficient (Wildman–Crippen LogP) is 5.71. The molecule has 8 nitrogen and oxygen atoms in total. The molecule has 3 aromatic carbocycles. The van der Waals surface area contributed by atoms with E-state index >= 15 is 0 Å². The highest BCUT2D eigenvalue weighted by Crippen LogP contribution is 2.24. The highest BCUT2D eigenvalue weighted by atomic mass is 32.1. The van der Waals surface area contributed by atoms with Crippen LogP contribution in [-0.4, -0.2) is 39.6 Å². The van der Waals surface area contributed by atoms with Crippen molar-refractivity contribution in [3.63, 3.8) is 0 Å². The smallest absolute Gasteiger partial charge is 0.496 e. The third-order valence-corrected chi connectivity index (χ3v) is 5.85. The number of halogens is 3. The largest absolute Gasteiger partial charge is 0.573 e. The lowest BCUT2D eigenvalue weighted by molar-refractivity contribution is -0.274. The molecule has 0 saturated heterocycles. The first-order valence-corrected chi connectivity index (χ1v) is 12.1. The van der Waals surface area contributed by atoms with Crippen LogP contribution in [0.5, 0.6) is 11.5 Å². The number of nitrogens with zero attached hydrogens (tertiary/aromatic N) is 4. The molecule has 0 amide bonds. The second-order valence-corrected chi connectivity index (χ2v) is 8.88. The molecule has 2 N–H and O–H groups in total. The van der Waals surface area contributed by atoms with Gasteiger partial charge in [-0.15, -0.1) is 18.3 Å². The van der Waals surface area contributed by atoms with E-state index in [-0.39, 0.29) is 11.8 Å². The third kappa shape index (κ3) is 7.54. The van der Waals surface area contributed by atoms with Gasteiger partial charge in [0.25, 0.3) is 0 Å². The van der Waals surface area contributed by atoms with Gasteiger partial charge in [0.1, 0.15) is 17.8 Å². The lowest BCUT2D eigenvalue weighted by atomic mass is 10.1. The van der Waals surface area contributed by atoms with E-state index in [1.54, 1.807) is 13.3 Å². The van der Waals surface area contributed by atoms with Crippen molar-refractivity contribution in [1.82, 2.24) is 25.5 Å². The summed E-state index contributed by atoms with van der Waals surface area (Å²) in [6, 6.07) is 18.7. The molecule has 12 heteroatoms. The van der Waals surface area contributed by atoms with Crippen molar-refractivity contribution in [2.45, 2.75) is 26.3 Å². The first-order valence-electron chi connectivity index (χ1n) is 11.7. The Hall–Kier alpha value is -4.45. The van der Waals surface area contributed by atoms with Crippen molar-refractivity contribution < 1.29 is 22.6 Å². The van der Waals surface area contributed by atoms with E-state index in [0.717, 1.165) is 28.0 Å². The Kier molecular flexibility index (Phi) is 8.45. The van der Waals surface area contributed by atoms with Crippen molar-refractivity contribution in [1.29, 1.82) is 0 Å². The molecule has 39 heavy (non-hydrogen) atoms. The maximum absolute atomic E-state index is 12.4. The van der Waals surface area contributed by atoms with Gasteiger partial charge in [0.05, 0.1) is 25.1 Å². The van der Waals surface area contributed by atoms with Crippen LogP contribution in [0.4, 0.5) is 13.2 Å². The predicted molar refractivity (Wildman–Crippen MR) is 146 cm³/mol. The van der Waals surface area contributed by atoms with Crippen molar-refractivity contribution in [3.8, 4) is 28.6 Å². The highest BCUT2D eigenvalue weighted by molar-refractivity contribution is 7.80. The number of rotatable bonds is 8. The third-order valence-electron chi connectivity index (χ3n) is 5.64. The molecule has 0 radical (unpaired) electrons. The normalized spacial score (nSPS) is 12.3. The number of hydrogen-bond donors (Lipinski definition) is 2. The minimum absolute atomic E-state index is 0.0254. The van der Waals surface area contributed by atoms with Gasteiger partial charge in [0.2, 0.25) is 0 Å². The lowest BCUT2D eigenvalue weighted by Crippen LogP contribution is -2.34. The van der Waals surface area contributed by atoms with E-state index in [1.807, 2.05) is 56.3 Å².